The van der Waals surface area contributed by atoms with Gasteiger partial charge in [0.15, 0.2) is 0 Å². The number of hydrogen-bond acceptors (Lipinski definition) is 4. The molecule has 2 rings (SSSR count). The van der Waals surface area contributed by atoms with Crippen LogP contribution in [0.3, 0.4) is 0 Å². The van der Waals surface area contributed by atoms with Crippen LogP contribution in [0, 0.1) is 0 Å². The first-order valence-corrected chi connectivity index (χ1v) is 7.48. The van der Waals surface area contributed by atoms with E-state index in [1.807, 2.05) is 31.2 Å². The summed E-state index contributed by atoms with van der Waals surface area (Å²) in [6.45, 7) is 2.35. The molecule has 0 fully saturated rings. The van der Waals surface area contributed by atoms with Gasteiger partial charge in [0, 0.05) is 15.8 Å². The molecule has 0 aliphatic heterocycles. The normalized spacial score (nSPS) is 10.2. The van der Waals surface area contributed by atoms with Crippen molar-refractivity contribution < 1.29 is 9.53 Å². The van der Waals surface area contributed by atoms with E-state index < -0.39 is 0 Å². The number of benzene rings is 2. The second kappa shape index (κ2) is 7.13. The van der Waals surface area contributed by atoms with Crippen LogP contribution in [0.1, 0.15) is 23.7 Å². The van der Waals surface area contributed by atoms with Crippen molar-refractivity contribution in [3.8, 4) is 0 Å². The third kappa shape index (κ3) is 4.23. The van der Waals surface area contributed by atoms with Crippen molar-refractivity contribution in [3.05, 3.63) is 52.5 Å². The molecule has 4 nitrogen and oxygen atoms in total. The molecule has 2 aromatic carbocycles. The summed E-state index contributed by atoms with van der Waals surface area (Å²) in [6.07, 6.45) is 0.781. The van der Waals surface area contributed by atoms with Crippen LogP contribution in [0.5, 0.6) is 0 Å². The molecule has 0 spiro atoms. The van der Waals surface area contributed by atoms with Gasteiger partial charge in [-0.15, -0.1) is 0 Å². The van der Waals surface area contributed by atoms with Gasteiger partial charge < -0.3 is 15.8 Å². The Morgan fingerprint density at radius 1 is 1.24 bits per heavy atom. The van der Waals surface area contributed by atoms with Gasteiger partial charge in [0.25, 0.3) is 0 Å². The molecule has 0 aliphatic carbocycles. The average molecular weight is 349 g/mol. The zero-order valence-corrected chi connectivity index (χ0v) is 13.3. The molecule has 0 aliphatic rings. The molecule has 5 heteroatoms. The number of nitrogens with two attached hydrogens (primary N) is 1. The Labute approximate surface area is 132 Å². The number of esters is 1. The van der Waals surface area contributed by atoms with Gasteiger partial charge in [-0.3, -0.25) is 0 Å². The summed E-state index contributed by atoms with van der Waals surface area (Å²) in [5, 5.41) is 3.21. The van der Waals surface area contributed by atoms with Gasteiger partial charge in [-0.05, 0) is 48.9 Å². The summed E-state index contributed by atoms with van der Waals surface area (Å²) >= 11 is 3.39. The summed E-state index contributed by atoms with van der Waals surface area (Å²) in [6, 6.07) is 12.8. The number of hydrogen-bond donors (Lipinski definition) is 2. The van der Waals surface area contributed by atoms with E-state index in [-0.39, 0.29) is 5.97 Å². The lowest BCUT2D eigenvalue weighted by Gasteiger charge is -2.12. The fourth-order valence-corrected chi connectivity index (χ4v) is 2.07. The third-order valence-corrected chi connectivity index (χ3v) is 3.35. The largest absolute Gasteiger partial charge is 0.462 e. The Morgan fingerprint density at radius 3 is 2.62 bits per heavy atom. The van der Waals surface area contributed by atoms with Crippen molar-refractivity contribution in [2.75, 3.05) is 17.7 Å². The van der Waals surface area contributed by atoms with E-state index in [4.69, 9.17) is 10.5 Å². The molecule has 0 radical (unpaired) electrons. The van der Waals surface area contributed by atoms with Crippen molar-refractivity contribution in [2.24, 2.45) is 0 Å². The van der Waals surface area contributed by atoms with Gasteiger partial charge >= 0.3 is 5.97 Å². The first-order chi connectivity index (χ1) is 10.1. The Balaban J connectivity index is 2.26. The lowest BCUT2D eigenvalue weighted by atomic mass is 10.1. The second-order valence-electron chi connectivity index (χ2n) is 4.57. The Kier molecular flexibility index (Phi) is 5.22. The maximum atomic E-state index is 12.1. The molecule has 3 N–H and O–H groups in total. The van der Waals surface area contributed by atoms with Crippen LogP contribution in [0.2, 0.25) is 0 Å². The fourth-order valence-electron chi connectivity index (χ4n) is 1.80. The third-order valence-electron chi connectivity index (χ3n) is 2.82. The smallest absolute Gasteiger partial charge is 0.340 e. The fraction of sp³-hybridized carbons (Fsp3) is 0.188. The number of ether oxygens (including phenoxy) is 1. The van der Waals surface area contributed by atoms with Gasteiger partial charge in [-0.2, -0.15) is 0 Å². The molecule has 0 atom stereocenters. The predicted molar refractivity (Wildman–Crippen MR) is 88.9 cm³/mol. The van der Waals surface area contributed by atoms with E-state index >= 15 is 0 Å². The molecular formula is C16H17BrN2O2. The Hall–Kier alpha value is -2.01. The predicted octanol–water partition coefficient (Wildman–Crippen LogP) is 4.34. The van der Waals surface area contributed by atoms with Crippen LogP contribution in [0.15, 0.2) is 46.9 Å². The minimum absolute atomic E-state index is 0.372. The van der Waals surface area contributed by atoms with Crippen LogP contribution in [-0.4, -0.2) is 12.6 Å². The van der Waals surface area contributed by atoms with E-state index in [2.05, 4.69) is 21.2 Å². The van der Waals surface area contributed by atoms with Crippen LogP contribution in [0.25, 0.3) is 0 Å². The van der Waals surface area contributed by atoms with E-state index in [0.717, 1.165) is 16.6 Å². The van der Waals surface area contributed by atoms with E-state index in [1.54, 1.807) is 18.2 Å². The first-order valence-electron chi connectivity index (χ1n) is 6.69. The molecule has 21 heavy (non-hydrogen) atoms. The lowest BCUT2D eigenvalue weighted by molar-refractivity contribution is 0.0506. The topological polar surface area (TPSA) is 64.3 Å². The highest BCUT2D eigenvalue weighted by molar-refractivity contribution is 9.10. The number of nitrogen functional groups attached to an aromatic ring is 1. The zero-order chi connectivity index (χ0) is 15.2. The molecule has 0 unspecified atom stereocenters. The second-order valence-corrected chi connectivity index (χ2v) is 5.49. The molecule has 0 amide bonds. The Bertz CT molecular complexity index is 627. The van der Waals surface area contributed by atoms with Crippen molar-refractivity contribution in [1.29, 1.82) is 0 Å². The van der Waals surface area contributed by atoms with Crippen molar-refractivity contribution >= 4 is 39.0 Å². The summed E-state index contributed by atoms with van der Waals surface area (Å²) < 4.78 is 6.18. The maximum absolute atomic E-state index is 12.1. The van der Waals surface area contributed by atoms with E-state index in [9.17, 15) is 4.79 Å². The van der Waals surface area contributed by atoms with Crippen LogP contribution < -0.4 is 11.1 Å². The summed E-state index contributed by atoms with van der Waals surface area (Å²) in [5.74, 6) is -0.372. The highest BCUT2D eigenvalue weighted by atomic mass is 79.9. The summed E-state index contributed by atoms with van der Waals surface area (Å²) in [7, 11) is 0. The summed E-state index contributed by atoms with van der Waals surface area (Å²) in [5.41, 5.74) is 8.29. The molecule has 0 saturated heterocycles. The number of carbonyl (C=O) groups excluding carboxylic acids is 1. The number of anilines is 3. The standard InChI is InChI=1S/C16H17BrN2O2/c1-2-9-21-16(20)14-10-12(18)5-8-15(14)19-13-6-3-11(17)4-7-13/h3-8,10,19H,2,9,18H2,1H3. The van der Waals surface area contributed by atoms with Gasteiger partial charge in [0.2, 0.25) is 0 Å². The van der Waals surface area contributed by atoms with Crippen LogP contribution in [-0.2, 0) is 4.74 Å². The number of carbonyl (C=O) groups is 1. The zero-order valence-electron chi connectivity index (χ0n) is 11.7. The Morgan fingerprint density at radius 2 is 1.95 bits per heavy atom. The number of halogens is 1. The number of rotatable bonds is 5. The average Bonchev–Trinajstić information content (AvgIpc) is 2.49. The quantitative estimate of drug-likeness (QED) is 0.623. The molecule has 0 bridgehead atoms. The molecule has 0 aromatic heterocycles. The molecule has 2 aromatic rings. The van der Waals surface area contributed by atoms with Gasteiger partial charge in [-0.1, -0.05) is 22.9 Å². The van der Waals surface area contributed by atoms with E-state index in [1.165, 1.54) is 0 Å². The van der Waals surface area contributed by atoms with Crippen molar-refractivity contribution in [2.45, 2.75) is 13.3 Å². The SMILES string of the molecule is CCCOC(=O)c1cc(N)ccc1Nc1ccc(Br)cc1. The minimum Gasteiger partial charge on any atom is -0.462 e. The van der Waals surface area contributed by atoms with Crippen molar-refractivity contribution in [3.63, 3.8) is 0 Å². The highest BCUT2D eigenvalue weighted by Crippen LogP contribution is 2.25. The number of nitrogens with one attached hydrogen (secondary N) is 1. The van der Waals surface area contributed by atoms with Gasteiger partial charge in [0.05, 0.1) is 17.9 Å². The molecular weight excluding hydrogens is 332 g/mol. The minimum atomic E-state index is -0.372. The van der Waals surface area contributed by atoms with Gasteiger partial charge in [-0.25, -0.2) is 4.79 Å². The summed E-state index contributed by atoms with van der Waals surface area (Å²) in [4.78, 5) is 12.1. The van der Waals surface area contributed by atoms with Crippen molar-refractivity contribution in [1.82, 2.24) is 0 Å². The monoisotopic (exact) mass is 348 g/mol. The lowest BCUT2D eigenvalue weighted by Crippen LogP contribution is -2.09. The van der Waals surface area contributed by atoms with Crippen LogP contribution >= 0.6 is 15.9 Å². The molecule has 110 valence electrons. The van der Waals surface area contributed by atoms with Gasteiger partial charge in [0.1, 0.15) is 0 Å². The highest BCUT2D eigenvalue weighted by Gasteiger charge is 2.13. The molecule has 0 heterocycles. The first kappa shape index (κ1) is 15.4. The maximum Gasteiger partial charge on any atom is 0.340 e. The van der Waals surface area contributed by atoms with Crippen LogP contribution in [0.4, 0.5) is 17.1 Å². The molecule has 0 saturated carbocycles. The van der Waals surface area contributed by atoms with E-state index in [0.29, 0.717) is 23.5 Å².